The summed E-state index contributed by atoms with van der Waals surface area (Å²) in [6, 6.07) is 7.38. The van der Waals surface area contributed by atoms with E-state index in [9.17, 15) is 4.79 Å². The molecule has 5 nitrogen and oxygen atoms in total. The number of hydrogen-bond acceptors (Lipinski definition) is 5. The Labute approximate surface area is 110 Å². The molecule has 0 radical (unpaired) electrons. The minimum atomic E-state index is -0.208. The van der Waals surface area contributed by atoms with E-state index >= 15 is 0 Å². The van der Waals surface area contributed by atoms with Crippen LogP contribution >= 0.6 is 0 Å². The molecule has 0 amide bonds. The lowest BCUT2D eigenvalue weighted by Gasteiger charge is -2.20. The van der Waals surface area contributed by atoms with E-state index < -0.39 is 0 Å². The van der Waals surface area contributed by atoms with Gasteiger partial charge in [0.05, 0.1) is 5.92 Å². The van der Waals surface area contributed by atoms with Gasteiger partial charge in [-0.3, -0.25) is 4.79 Å². The standard InChI is InChI=1S/C14H12N2O3/c1-9-7-10-3-4-11(8-12(10)19-13(9)17)18-14-15-5-2-6-16-14/h2-6,8-9H,7H2,1H3. The minimum absolute atomic E-state index is 0.100. The van der Waals surface area contributed by atoms with Crippen LogP contribution in [0.1, 0.15) is 12.5 Å². The number of rotatable bonds is 2. The number of hydrogen-bond donors (Lipinski definition) is 0. The van der Waals surface area contributed by atoms with Crippen LogP contribution in [-0.4, -0.2) is 15.9 Å². The van der Waals surface area contributed by atoms with Gasteiger partial charge in [-0.25, -0.2) is 9.97 Å². The molecule has 1 aliphatic rings. The van der Waals surface area contributed by atoms with Gasteiger partial charge in [0.15, 0.2) is 0 Å². The molecule has 3 rings (SSSR count). The van der Waals surface area contributed by atoms with Gasteiger partial charge in [-0.1, -0.05) is 13.0 Å². The van der Waals surface area contributed by atoms with Gasteiger partial charge in [-0.15, -0.1) is 0 Å². The molecular formula is C14H12N2O3. The monoisotopic (exact) mass is 256 g/mol. The minimum Gasteiger partial charge on any atom is -0.426 e. The lowest BCUT2D eigenvalue weighted by atomic mass is 9.98. The van der Waals surface area contributed by atoms with Crippen molar-refractivity contribution < 1.29 is 14.3 Å². The third kappa shape index (κ3) is 2.40. The first-order valence-electron chi connectivity index (χ1n) is 6.02. The fourth-order valence-electron chi connectivity index (χ4n) is 1.93. The van der Waals surface area contributed by atoms with E-state index in [0.717, 1.165) is 5.56 Å². The highest BCUT2D eigenvalue weighted by atomic mass is 16.5. The summed E-state index contributed by atoms with van der Waals surface area (Å²) in [5, 5.41) is 0. The first-order chi connectivity index (χ1) is 9.22. The lowest BCUT2D eigenvalue weighted by molar-refractivity contribution is -0.139. The highest BCUT2D eigenvalue weighted by Gasteiger charge is 2.24. The molecule has 19 heavy (non-hydrogen) atoms. The molecule has 2 aromatic rings. The van der Waals surface area contributed by atoms with Gasteiger partial charge in [-0.2, -0.15) is 0 Å². The summed E-state index contributed by atoms with van der Waals surface area (Å²) in [7, 11) is 0. The Morgan fingerprint density at radius 3 is 2.89 bits per heavy atom. The second kappa shape index (κ2) is 4.68. The zero-order valence-corrected chi connectivity index (χ0v) is 10.4. The van der Waals surface area contributed by atoms with Crippen LogP contribution < -0.4 is 9.47 Å². The second-order valence-electron chi connectivity index (χ2n) is 4.43. The van der Waals surface area contributed by atoms with Crippen LogP contribution in [0.5, 0.6) is 17.5 Å². The first kappa shape index (κ1) is 11.6. The number of nitrogens with zero attached hydrogens (tertiary/aromatic N) is 2. The van der Waals surface area contributed by atoms with Crippen LogP contribution in [-0.2, 0) is 11.2 Å². The van der Waals surface area contributed by atoms with Gasteiger partial charge >= 0.3 is 12.0 Å². The fraction of sp³-hybridized carbons (Fsp3) is 0.214. The van der Waals surface area contributed by atoms with Crippen molar-refractivity contribution in [1.82, 2.24) is 9.97 Å². The van der Waals surface area contributed by atoms with Gasteiger partial charge < -0.3 is 9.47 Å². The molecule has 1 atom stereocenters. The SMILES string of the molecule is CC1Cc2ccc(Oc3ncccn3)cc2OC1=O. The van der Waals surface area contributed by atoms with E-state index in [4.69, 9.17) is 9.47 Å². The second-order valence-corrected chi connectivity index (χ2v) is 4.43. The number of benzene rings is 1. The molecule has 96 valence electrons. The number of fused-ring (bicyclic) bond motifs is 1. The Balaban J connectivity index is 1.86. The number of carbonyl (C=O) groups is 1. The maximum Gasteiger partial charge on any atom is 0.321 e. The topological polar surface area (TPSA) is 61.3 Å². The molecule has 1 aromatic carbocycles. The van der Waals surface area contributed by atoms with Crippen molar-refractivity contribution in [2.45, 2.75) is 13.3 Å². The molecule has 0 saturated carbocycles. The van der Waals surface area contributed by atoms with Gasteiger partial charge in [0.25, 0.3) is 0 Å². The Morgan fingerprint density at radius 1 is 1.32 bits per heavy atom. The zero-order chi connectivity index (χ0) is 13.2. The van der Waals surface area contributed by atoms with E-state index in [-0.39, 0.29) is 17.9 Å². The maximum atomic E-state index is 11.5. The average Bonchev–Trinajstić information content (AvgIpc) is 2.42. The Kier molecular flexibility index (Phi) is 2.87. The van der Waals surface area contributed by atoms with Gasteiger partial charge in [0.2, 0.25) is 0 Å². The number of aromatic nitrogens is 2. The molecule has 0 N–H and O–H groups in total. The van der Waals surface area contributed by atoms with Crippen molar-refractivity contribution >= 4 is 5.97 Å². The Hall–Kier alpha value is -2.43. The molecule has 1 unspecified atom stereocenters. The van der Waals surface area contributed by atoms with Crippen LogP contribution in [0.4, 0.5) is 0 Å². The molecule has 0 bridgehead atoms. The van der Waals surface area contributed by atoms with Crippen LogP contribution in [0.3, 0.4) is 0 Å². The van der Waals surface area contributed by atoms with Crippen molar-refractivity contribution in [3.8, 4) is 17.5 Å². The summed E-state index contributed by atoms with van der Waals surface area (Å²) in [5.41, 5.74) is 1.01. The van der Waals surface area contributed by atoms with Crippen LogP contribution in [0, 0.1) is 5.92 Å². The largest absolute Gasteiger partial charge is 0.426 e. The van der Waals surface area contributed by atoms with Crippen LogP contribution in [0.15, 0.2) is 36.7 Å². The van der Waals surface area contributed by atoms with Crippen molar-refractivity contribution in [2.24, 2.45) is 5.92 Å². The highest BCUT2D eigenvalue weighted by Crippen LogP contribution is 2.32. The molecule has 5 heteroatoms. The molecular weight excluding hydrogens is 244 g/mol. The molecule has 0 saturated heterocycles. The molecule has 1 aromatic heterocycles. The average molecular weight is 256 g/mol. The van der Waals surface area contributed by atoms with E-state index in [0.29, 0.717) is 17.9 Å². The van der Waals surface area contributed by atoms with E-state index in [1.807, 2.05) is 19.1 Å². The molecule has 0 fully saturated rings. The number of ether oxygens (including phenoxy) is 2. The number of esters is 1. The quantitative estimate of drug-likeness (QED) is 0.609. The molecule has 2 heterocycles. The summed E-state index contributed by atoms with van der Waals surface area (Å²) in [6.45, 7) is 1.85. The number of carbonyl (C=O) groups excluding carboxylic acids is 1. The van der Waals surface area contributed by atoms with Crippen molar-refractivity contribution in [1.29, 1.82) is 0 Å². The first-order valence-corrected chi connectivity index (χ1v) is 6.02. The third-order valence-corrected chi connectivity index (χ3v) is 2.93. The summed E-state index contributed by atoms with van der Waals surface area (Å²) in [6.07, 6.45) is 3.89. The van der Waals surface area contributed by atoms with Gasteiger partial charge in [-0.05, 0) is 24.1 Å². The molecule has 1 aliphatic heterocycles. The maximum absolute atomic E-state index is 11.5. The Morgan fingerprint density at radius 2 is 2.11 bits per heavy atom. The lowest BCUT2D eigenvalue weighted by Crippen LogP contribution is -2.25. The predicted molar refractivity (Wildman–Crippen MR) is 67.1 cm³/mol. The van der Waals surface area contributed by atoms with Crippen LogP contribution in [0.25, 0.3) is 0 Å². The summed E-state index contributed by atoms with van der Waals surface area (Å²) in [4.78, 5) is 19.5. The van der Waals surface area contributed by atoms with Crippen molar-refractivity contribution in [2.75, 3.05) is 0 Å². The summed E-state index contributed by atoms with van der Waals surface area (Å²) < 4.78 is 10.8. The summed E-state index contributed by atoms with van der Waals surface area (Å²) >= 11 is 0. The highest BCUT2D eigenvalue weighted by molar-refractivity contribution is 5.77. The van der Waals surface area contributed by atoms with Crippen LogP contribution in [0.2, 0.25) is 0 Å². The molecule has 0 aliphatic carbocycles. The normalized spacial score (nSPS) is 17.5. The van der Waals surface area contributed by atoms with Gasteiger partial charge in [0.1, 0.15) is 11.5 Å². The van der Waals surface area contributed by atoms with E-state index in [2.05, 4.69) is 9.97 Å². The van der Waals surface area contributed by atoms with Crippen molar-refractivity contribution in [3.63, 3.8) is 0 Å². The Bertz CT molecular complexity index is 613. The van der Waals surface area contributed by atoms with Gasteiger partial charge in [0, 0.05) is 18.5 Å². The smallest absolute Gasteiger partial charge is 0.321 e. The van der Waals surface area contributed by atoms with E-state index in [1.54, 1.807) is 24.5 Å². The summed E-state index contributed by atoms with van der Waals surface area (Å²) in [5.74, 6) is 0.793. The van der Waals surface area contributed by atoms with E-state index in [1.165, 1.54) is 0 Å². The zero-order valence-electron chi connectivity index (χ0n) is 10.4. The molecule has 0 spiro atoms. The third-order valence-electron chi connectivity index (χ3n) is 2.93. The predicted octanol–water partition coefficient (Wildman–Crippen LogP) is 2.37. The van der Waals surface area contributed by atoms with Crippen molar-refractivity contribution in [3.05, 3.63) is 42.2 Å². The fourth-order valence-corrected chi connectivity index (χ4v) is 1.93.